The maximum atomic E-state index is 4.31. The zero-order chi connectivity index (χ0) is 11.7. The second kappa shape index (κ2) is 4.63. The molecule has 1 aliphatic rings. The fourth-order valence-corrected chi connectivity index (χ4v) is 3.34. The minimum Gasteiger partial charge on any atom is -0.329 e. The third kappa shape index (κ3) is 2.28. The zero-order valence-electron chi connectivity index (χ0n) is 10.0. The molecule has 0 radical (unpaired) electrons. The Bertz CT molecular complexity index is 494. The van der Waals surface area contributed by atoms with E-state index in [4.69, 9.17) is 0 Å². The van der Waals surface area contributed by atoms with Gasteiger partial charge in [-0.15, -0.1) is 11.3 Å². The summed E-state index contributed by atoms with van der Waals surface area (Å²) in [5.41, 5.74) is 1.38. The lowest BCUT2D eigenvalue weighted by atomic mass is 10.1. The SMILES string of the molecule is Cc1ccc(Cn2cncc2C2CCNC2)s1. The van der Waals surface area contributed by atoms with Crippen LogP contribution in [0.3, 0.4) is 0 Å². The summed E-state index contributed by atoms with van der Waals surface area (Å²) in [7, 11) is 0. The zero-order valence-corrected chi connectivity index (χ0v) is 10.8. The first-order valence-electron chi connectivity index (χ1n) is 6.09. The average Bonchev–Trinajstić information content (AvgIpc) is 3.00. The van der Waals surface area contributed by atoms with Gasteiger partial charge in [-0.1, -0.05) is 0 Å². The summed E-state index contributed by atoms with van der Waals surface area (Å²) < 4.78 is 2.29. The fraction of sp³-hybridized carbons (Fsp3) is 0.462. The predicted molar refractivity (Wildman–Crippen MR) is 70.6 cm³/mol. The normalized spacial score (nSPS) is 19.9. The first kappa shape index (κ1) is 11.0. The van der Waals surface area contributed by atoms with Crippen LogP contribution in [0.4, 0.5) is 0 Å². The molecule has 4 heteroatoms. The molecule has 17 heavy (non-hydrogen) atoms. The van der Waals surface area contributed by atoms with Crippen molar-refractivity contribution in [2.75, 3.05) is 13.1 Å². The van der Waals surface area contributed by atoms with Crippen LogP contribution in [0, 0.1) is 6.92 Å². The molecular weight excluding hydrogens is 230 g/mol. The van der Waals surface area contributed by atoms with Gasteiger partial charge >= 0.3 is 0 Å². The third-order valence-corrected chi connectivity index (χ3v) is 4.33. The van der Waals surface area contributed by atoms with E-state index >= 15 is 0 Å². The van der Waals surface area contributed by atoms with Gasteiger partial charge in [0.25, 0.3) is 0 Å². The lowest BCUT2D eigenvalue weighted by Gasteiger charge is -2.11. The van der Waals surface area contributed by atoms with Gasteiger partial charge < -0.3 is 9.88 Å². The van der Waals surface area contributed by atoms with Crippen LogP contribution >= 0.6 is 11.3 Å². The van der Waals surface area contributed by atoms with Crippen molar-refractivity contribution < 1.29 is 0 Å². The van der Waals surface area contributed by atoms with Crippen molar-refractivity contribution in [2.45, 2.75) is 25.8 Å². The van der Waals surface area contributed by atoms with Gasteiger partial charge in [-0.3, -0.25) is 0 Å². The average molecular weight is 247 g/mol. The third-order valence-electron chi connectivity index (χ3n) is 3.35. The Morgan fingerprint density at radius 2 is 2.47 bits per heavy atom. The minimum absolute atomic E-state index is 0.638. The molecule has 1 aliphatic heterocycles. The van der Waals surface area contributed by atoms with Crippen molar-refractivity contribution in [3.63, 3.8) is 0 Å². The summed E-state index contributed by atoms with van der Waals surface area (Å²) in [6.45, 7) is 5.34. The summed E-state index contributed by atoms with van der Waals surface area (Å²) >= 11 is 1.87. The Hall–Kier alpha value is -1.13. The summed E-state index contributed by atoms with van der Waals surface area (Å²) in [5.74, 6) is 0.638. The number of hydrogen-bond donors (Lipinski definition) is 1. The van der Waals surface area contributed by atoms with Crippen LogP contribution in [0.25, 0.3) is 0 Å². The molecule has 1 N–H and O–H groups in total. The number of imidazole rings is 1. The van der Waals surface area contributed by atoms with E-state index in [9.17, 15) is 0 Å². The summed E-state index contributed by atoms with van der Waals surface area (Å²) in [4.78, 5) is 7.10. The lowest BCUT2D eigenvalue weighted by Crippen LogP contribution is -2.11. The highest BCUT2D eigenvalue weighted by Gasteiger charge is 2.20. The largest absolute Gasteiger partial charge is 0.329 e. The van der Waals surface area contributed by atoms with Gasteiger partial charge in [0.1, 0.15) is 0 Å². The molecule has 0 saturated carbocycles. The molecule has 1 fully saturated rings. The van der Waals surface area contributed by atoms with Gasteiger partial charge in [-0.25, -0.2) is 4.98 Å². The minimum atomic E-state index is 0.638. The maximum Gasteiger partial charge on any atom is 0.0951 e. The van der Waals surface area contributed by atoms with E-state index < -0.39 is 0 Å². The van der Waals surface area contributed by atoms with Crippen molar-refractivity contribution in [2.24, 2.45) is 0 Å². The molecule has 2 aromatic rings. The van der Waals surface area contributed by atoms with Crippen LogP contribution in [-0.4, -0.2) is 22.6 Å². The van der Waals surface area contributed by atoms with E-state index in [0.717, 1.165) is 19.6 Å². The van der Waals surface area contributed by atoms with E-state index in [0.29, 0.717) is 5.92 Å². The second-order valence-corrected chi connectivity index (χ2v) is 6.02. The molecule has 0 bridgehead atoms. The highest BCUT2D eigenvalue weighted by molar-refractivity contribution is 7.11. The molecular formula is C13H17N3S. The molecule has 3 heterocycles. The fourth-order valence-electron chi connectivity index (χ4n) is 2.45. The van der Waals surface area contributed by atoms with Gasteiger partial charge in [0, 0.05) is 34.1 Å². The second-order valence-electron chi connectivity index (χ2n) is 4.65. The summed E-state index contributed by atoms with van der Waals surface area (Å²) in [6.07, 6.45) is 5.22. The quantitative estimate of drug-likeness (QED) is 0.902. The molecule has 1 saturated heterocycles. The molecule has 0 spiro atoms. The van der Waals surface area contributed by atoms with Crippen LogP contribution in [0.2, 0.25) is 0 Å². The van der Waals surface area contributed by atoms with Crippen LogP contribution in [0.15, 0.2) is 24.7 Å². The molecule has 0 aromatic carbocycles. The number of nitrogens with zero attached hydrogens (tertiary/aromatic N) is 2. The van der Waals surface area contributed by atoms with Gasteiger partial charge in [0.2, 0.25) is 0 Å². The molecule has 0 aliphatic carbocycles. The highest BCUT2D eigenvalue weighted by Crippen LogP contribution is 2.24. The van der Waals surface area contributed by atoms with E-state index in [1.165, 1.54) is 21.9 Å². The van der Waals surface area contributed by atoms with Crippen molar-refractivity contribution in [1.29, 1.82) is 0 Å². The first-order valence-corrected chi connectivity index (χ1v) is 6.90. The Morgan fingerprint density at radius 3 is 3.18 bits per heavy atom. The number of nitrogens with one attached hydrogen (secondary N) is 1. The molecule has 90 valence electrons. The topological polar surface area (TPSA) is 29.9 Å². The number of rotatable bonds is 3. The monoisotopic (exact) mass is 247 g/mol. The highest BCUT2D eigenvalue weighted by atomic mass is 32.1. The van der Waals surface area contributed by atoms with Gasteiger partial charge in [0.15, 0.2) is 0 Å². The number of aryl methyl sites for hydroxylation is 1. The number of thiophene rings is 1. The molecule has 1 atom stereocenters. The molecule has 2 aromatic heterocycles. The Balaban J connectivity index is 1.81. The van der Waals surface area contributed by atoms with Crippen molar-refractivity contribution in [1.82, 2.24) is 14.9 Å². The van der Waals surface area contributed by atoms with Gasteiger partial charge in [-0.2, -0.15) is 0 Å². The van der Waals surface area contributed by atoms with Crippen molar-refractivity contribution in [3.05, 3.63) is 40.1 Å². The van der Waals surface area contributed by atoms with Gasteiger partial charge in [-0.05, 0) is 32.0 Å². The Kier molecular flexibility index (Phi) is 2.99. The molecule has 3 nitrogen and oxygen atoms in total. The summed E-state index contributed by atoms with van der Waals surface area (Å²) in [6, 6.07) is 4.41. The summed E-state index contributed by atoms with van der Waals surface area (Å²) in [5, 5.41) is 3.42. The van der Waals surface area contributed by atoms with Gasteiger partial charge in [0.05, 0.1) is 12.9 Å². The number of hydrogen-bond acceptors (Lipinski definition) is 3. The van der Waals surface area contributed by atoms with E-state index in [-0.39, 0.29) is 0 Å². The Labute approximate surface area is 106 Å². The predicted octanol–water partition coefficient (Wildman–Crippen LogP) is 2.38. The maximum absolute atomic E-state index is 4.31. The molecule has 0 amide bonds. The van der Waals surface area contributed by atoms with E-state index in [1.807, 2.05) is 23.9 Å². The van der Waals surface area contributed by atoms with E-state index in [1.54, 1.807) is 0 Å². The standard InChI is InChI=1S/C13H17N3S/c1-10-2-3-12(17-10)8-16-9-15-7-13(16)11-4-5-14-6-11/h2-3,7,9,11,14H,4-6,8H2,1H3. The first-order chi connectivity index (χ1) is 8.33. The van der Waals surface area contributed by atoms with Crippen molar-refractivity contribution in [3.8, 4) is 0 Å². The number of aromatic nitrogens is 2. The van der Waals surface area contributed by atoms with E-state index in [2.05, 4.69) is 33.9 Å². The smallest absolute Gasteiger partial charge is 0.0951 e. The van der Waals surface area contributed by atoms with Crippen LogP contribution in [0.1, 0.15) is 27.8 Å². The Morgan fingerprint density at radius 1 is 1.53 bits per heavy atom. The van der Waals surface area contributed by atoms with Crippen LogP contribution in [-0.2, 0) is 6.54 Å². The molecule has 1 unspecified atom stereocenters. The van der Waals surface area contributed by atoms with Crippen LogP contribution < -0.4 is 5.32 Å². The lowest BCUT2D eigenvalue weighted by molar-refractivity contribution is 0.658. The molecule has 3 rings (SSSR count). The van der Waals surface area contributed by atoms with Crippen LogP contribution in [0.5, 0.6) is 0 Å². The van der Waals surface area contributed by atoms with Crippen molar-refractivity contribution >= 4 is 11.3 Å².